The van der Waals surface area contributed by atoms with E-state index in [1.807, 2.05) is 6.92 Å². The Morgan fingerprint density at radius 1 is 1.57 bits per heavy atom. The fourth-order valence-electron chi connectivity index (χ4n) is 1.12. The Hall–Kier alpha value is -1.01. The highest BCUT2D eigenvalue weighted by molar-refractivity contribution is 4.82. The van der Waals surface area contributed by atoms with E-state index < -0.39 is 0 Å². The van der Waals surface area contributed by atoms with Crippen LogP contribution in [-0.2, 0) is 18.2 Å². The number of nitrogens with zero attached hydrogens (tertiary/aromatic N) is 4. The van der Waals surface area contributed by atoms with E-state index in [-0.39, 0.29) is 6.04 Å². The standard InChI is InChI=1S/C8H17N5O/c1-3-14-5-4-7(9)6-8-10-12-13(2)11-8/h7H,3-6,9H2,1-2H3. The first-order chi connectivity index (χ1) is 6.72. The summed E-state index contributed by atoms with van der Waals surface area (Å²) in [5, 5.41) is 11.7. The number of aromatic nitrogens is 4. The lowest BCUT2D eigenvalue weighted by Crippen LogP contribution is -2.25. The molecule has 1 aromatic heterocycles. The van der Waals surface area contributed by atoms with Gasteiger partial charge >= 0.3 is 0 Å². The molecular weight excluding hydrogens is 182 g/mol. The van der Waals surface area contributed by atoms with Crippen molar-refractivity contribution >= 4 is 0 Å². The lowest BCUT2D eigenvalue weighted by molar-refractivity contribution is 0.139. The molecule has 0 aromatic carbocycles. The Bertz CT molecular complexity index is 262. The Balaban J connectivity index is 2.23. The molecule has 0 radical (unpaired) electrons. The van der Waals surface area contributed by atoms with Gasteiger partial charge in [-0.2, -0.15) is 4.80 Å². The maximum absolute atomic E-state index is 5.86. The second-order valence-electron chi connectivity index (χ2n) is 3.14. The van der Waals surface area contributed by atoms with Crippen LogP contribution in [0.25, 0.3) is 0 Å². The molecule has 1 heterocycles. The summed E-state index contributed by atoms with van der Waals surface area (Å²) in [6.07, 6.45) is 1.48. The molecule has 0 saturated heterocycles. The molecule has 1 atom stereocenters. The molecule has 1 rings (SSSR count). The van der Waals surface area contributed by atoms with E-state index in [1.165, 1.54) is 4.80 Å². The minimum atomic E-state index is 0.0470. The van der Waals surface area contributed by atoms with Crippen LogP contribution in [0.1, 0.15) is 19.2 Å². The van der Waals surface area contributed by atoms with Gasteiger partial charge in [-0.3, -0.25) is 0 Å². The van der Waals surface area contributed by atoms with E-state index in [9.17, 15) is 0 Å². The van der Waals surface area contributed by atoms with Crippen LogP contribution in [0.2, 0.25) is 0 Å². The monoisotopic (exact) mass is 199 g/mol. The second kappa shape index (κ2) is 5.66. The topological polar surface area (TPSA) is 78.9 Å². The molecule has 1 aromatic rings. The fourth-order valence-corrected chi connectivity index (χ4v) is 1.12. The Morgan fingerprint density at radius 2 is 2.36 bits per heavy atom. The molecule has 0 amide bonds. The van der Waals surface area contributed by atoms with Gasteiger partial charge in [0.25, 0.3) is 0 Å². The molecule has 0 aliphatic rings. The number of nitrogens with two attached hydrogens (primary N) is 1. The van der Waals surface area contributed by atoms with Crippen molar-refractivity contribution in [3.05, 3.63) is 5.82 Å². The maximum atomic E-state index is 5.86. The highest BCUT2D eigenvalue weighted by Gasteiger charge is 2.07. The van der Waals surface area contributed by atoms with Crippen molar-refractivity contribution in [2.75, 3.05) is 13.2 Å². The molecular formula is C8H17N5O. The summed E-state index contributed by atoms with van der Waals surface area (Å²) in [7, 11) is 1.74. The van der Waals surface area contributed by atoms with E-state index in [4.69, 9.17) is 10.5 Å². The number of ether oxygens (including phenoxy) is 1. The number of hydrogen-bond acceptors (Lipinski definition) is 5. The van der Waals surface area contributed by atoms with Crippen molar-refractivity contribution in [3.63, 3.8) is 0 Å². The van der Waals surface area contributed by atoms with E-state index in [2.05, 4.69) is 15.4 Å². The van der Waals surface area contributed by atoms with Crippen molar-refractivity contribution in [3.8, 4) is 0 Å². The van der Waals surface area contributed by atoms with Gasteiger partial charge in [-0.1, -0.05) is 0 Å². The van der Waals surface area contributed by atoms with Gasteiger partial charge in [0, 0.05) is 25.7 Å². The van der Waals surface area contributed by atoms with Gasteiger partial charge in [0.15, 0.2) is 5.82 Å². The summed E-state index contributed by atoms with van der Waals surface area (Å²) in [6.45, 7) is 3.39. The molecule has 0 aliphatic carbocycles. The molecule has 0 bridgehead atoms. The average Bonchev–Trinajstić information content (AvgIpc) is 2.52. The number of hydrogen-bond donors (Lipinski definition) is 1. The quantitative estimate of drug-likeness (QED) is 0.625. The van der Waals surface area contributed by atoms with Gasteiger partial charge in [-0.25, -0.2) is 0 Å². The molecule has 80 valence electrons. The third kappa shape index (κ3) is 3.80. The lowest BCUT2D eigenvalue weighted by Gasteiger charge is -2.08. The highest BCUT2D eigenvalue weighted by Crippen LogP contribution is 1.97. The van der Waals surface area contributed by atoms with Crippen LogP contribution >= 0.6 is 0 Å². The van der Waals surface area contributed by atoms with Gasteiger partial charge in [-0.05, 0) is 18.6 Å². The molecule has 14 heavy (non-hydrogen) atoms. The Labute approximate surface area is 83.4 Å². The summed E-state index contributed by atoms with van der Waals surface area (Å²) >= 11 is 0. The van der Waals surface area contributed by atoms with Crippen LogP contribution in [-0.4, -0.2) is 39.5 Å². The largest absolute Gasteiger partial charge is 0.382 e. The van der Waals surface area contributed by atoms with Gasteiger partial charge in [-0.15, -0.1) is 10.2 Å². The first-order valence-corrected chi connectivity index (χ1v) is 4.78. The van der Waals surface area contributed by atoms with Gasteiger partial charge in [0.1, 0.15) is 0 Å². The molecule has 6 heteroatoms. The maximum Gasteiger partial charge on any atom is 0.176 e. The van der Waals surface area contributed by atoms with Crippen LogP contribution in [0.5, 0.6) is 0 Å². The molecule has 0 fully saturated rings. The SMILES string of the molecule is CCOCCC(N)Cc1nnn(C)n1. The Kier molecular flexibility index (Phi) is 4.48. The summed E-state index contributed by atoms with van der Waals surface area (Å²) < 4.78 is 5.21. The highest BCUT2D eigenvalue weighted by atomic mass is 16.5. The number of rotatable bonds is 6. The summed E-state index contributed by atoms with van der Waals surface area (Å²) in [6, 6.07) is 0.0470. The fraction of sp³-hybridized carbons (Fsp3) is 0.875. The predicted molar refractivity (Wildman–Crippen MR) is 51.6 cm³/mol. The first kappa shape index (κ1) is 11.1. The van der Waals surface area contributed by atoms with Gasteiger partial charge in [0.05, 0.1) is 7.05 Å². The zero-order valence-electron chi connectivity index (χ0n) is 8.68. The predicted octanol–water partition coefficient (Wildman–Crippen LogP) is -0.493. The van der Waals surface area contributed by atoms with Crippen LogP contribution in [0.4, 0.5) is 0 Å². The van der Waals surface area contributed by atoms with Crippen LogP contribution < -0.4 is 5.73 Å². The molecule has 1 unspecified atom stereocenters. The molecule has 0 aliphatic heterocycles. The number of tetrazole rings is 1. The van der Waals surface area contributed by atoms with E-state index in [0.29, 0.717) is 18.9 Å². The minimum absolute atomic E-state index is 0.0470. The second-order valence-corrected chi connectivity index (χ2v) is 3.14. The average molecular weight is 199 g/mol. The molecule has 2 N–H and O–H groups in total. The van der Waals surface area contributed by atoms with E-state index >= 15 is 0 Å². The van der Waals surface area contributed by atoms with Gasteiger partial charge < -0.3 is 10.5 Å². The van der Waals surface area contributed by atoms with Crippen LogP contribution in [0, 0.1) is 0 Å². The first-order valence-electron chi connectivity index (χ1n) is 4.78. The summed E-state index contributed by atoms with van der Waals surface area (Å²) in [5.74, 6) is 0.691. The van der Waals surface area contributed by atoms with E-state index in [0.717, 1.165) is 13.0 Å². The zero-order chi connectivity index (χ0) is 10.4. The zero-order valence-corrected chi connectivity index (χ0v) is 8.68. The lowest BCUT2D eigenvalue weighted by atomic mass is 10.1. The van der Waals surface area contributed by atoms with Crippen molar-refractivity contribution in [1.82, 2.24) is 20.2 Å². The third-order valence-corrected chi connectivity index (χ3v) is 1.83. The Morgan fingerprint density at radius 3 is 2.93 bits per heavy atom. The van der Waals surface area contributed by atoms with Crippen molar-refractivity contribution in [1.29, 1.82) is 0 Å². The smallest absolute Gasteiger partial charge is 0.176 e. The molecule has 6 nitrogen and oxygen atoms in total. The van der Waals surface area contributed by atoms with Crippen molar-refractivity contribution in [2.45, 2.75) is 25.8 Å². The third-order valence-electron chi connectivity index (χ3n) is 1.83. The van der Waals surface area contributed by atoms with Gasteiger partial charge in [0.2, 0.25) is 0 Å². The minimum Gasteiger partial charge on any atom is -0.382 e. The van der Waals surface area contributed by atoms with Crippen molar-refractivity contribution in [2.24, 2.45) is 12.8 Å². The summed E-state index contributed by atoms with van der Waals surface area (Å²) in [4.78, 5) is 1.44. The summed E-state index contributed by atoms with van der Waals surface area (Å²) in [5.41, 5.74) is 5.86. The van der Waals surface area contributed by atoms with Crippen LogP contribution in [0.15, 0.2) is 0 Å². The molecule has 0 saturated carbocycles. The normalized spacial score (nSPS) is 13.1. The van der Waals surface area contributed by atoms with Crippen LogP contribution in [0.3, 0.4) is 0 Å². The van der Waals surface area contributed by atoms with E-state index in [1.54, 1.807) is 7.05 Å². The number of aryl methyl sites for hydroxylation is 1. The van der Waals surface area contributed by atoms with Crippen molar-refractivity contribution < 1.29 is 4.74 Å². The molecule has 0 spiro atoms.